The van der Waals surface area contributed by atoms with E-state index in [2.05, 4.69) is 5.32 Å². The summed E-state index contributed by atoms with van der Waals surface area (Å²) in [5.41, 5.74) is 9.88. The normalized spacial score (nSPS) is 10.2. The number of carbonyl (C=O) groups excluding carboxylic acids is 3. The molecule has 0 heterocycles. The fourth-order valence-electron chi connectivity index (χ4n) is 1.16. The van der Waals surface area contributed by atoms with Crippen LogP contribution >= 0.6 is 23.2 Å². The van der Waals surface area contributed by atoms with Crippen molar-refractivity contribution in [2.24, 2.45) is 11.5 Å². The first-order valence-corrected chi connectivity index (χ1v) is 5.43. The maximum atomic E-state index is 11.7. The summed E-state index contributed by atoms with van der Waals surface area (Å²) < 4.78 is 0. The number of hydrogen-bond acceptors (Lipinski definition) is 3. The van der Waals surface area contributed by atoms with Crippen molar-refractivity contribution < 1.29 is 14.4 Å². The molecule has 0 atom stereocenters. The lowest BCUT2D eigenvalue weighted by atomic mass is 10.2. The third kappa shape index (κ3) is 3.35. The summed E-state index contributed by atoms with van der Waals surface area (Å²) in [5, 5.41) is 2.50. The van der Waals surface area contributed by atoms with Crippen molar-refractivity contribution in [1.82, 2.24) is 5.32 Å². The van der Waals surface area contributed by atoms with Gasteiger partial charge in [0, 0.05) is 5.02 Å². The van der Waals surface area contributed by atoms with E-state index in [0.29, 0.717) is 5.02 Å². The molecule has 0 aliphatic heterocycles. The maximum absolute atomic E-state index is 11.7. The van der Waals surface area contributed by atoms with Gasteiger partial charge in [0.15, 0.2) is 6.04 Å². The van der Waals surface area contributed by atoms with Crippen LogP contribution in [0.1, 0.15) is 10.4 Å². The van der Waals surface area contributed by atoms with Gasteiger partial charge in [0.1, 0.15) is 0 Å². The van der Waals surface area contributed by atoms with E-state index in [-0.39, 0.29) is 10.6 Å². The minimum absolute atomic E-state index is 0.0496. The monoisotopic (exact) mass is 289 g/mol. The van der Waals surface area contributed by atoms with E-state index in [1.807, 2.05) is 0 Å². The molecule has 5 N–H and O–H groups in total. The second-order valence-corrected chi connectivity index (χ2v) is 4.18. The first-order valence-electron chi connectivity index (χ1n) is 4.67. The molecule has 1 aromatic rings. The predicted molar refractivity (Wildman–Crippen MR) is 66.1 cm³/mol. The number of amides is 3. The van der Waals surface area contributed by atoms with Gasteiger partial charge >= 0.3 is 0 Å². The third-order valence-electron chi connectivity index (χ3n) is 2.02. The number of nitrogens with one attached hydrogen (secondary N) is 1. The molecular formula is C10H9Cl2N3O3. The van der Waals surface area contributed by atoms with Gasteiger partial charge in [0.2, 0.25) is 11.8 Å². The fraction of sp³-hybridized carbons (Fsp3) is 0.100. The third-order valence-corrected chi connectivity index (χ3v) is 2.57. The van der Waals surface area contributed by atoms with Gasteiger partial charge in [-0.15, -0.1) is 0 Å². The van der Waals surface area contributed by atoms with Crippen LogP contribution < -0.4 is 16.8 Å². The van der Waals surface area contributed by atoms with Gasteiger partial charge in [-0.05, 0) is 18.2 Å². The Morgan fingerprint density at radius 3 is 2.11 bits per heavy atom. The van der Waals surface area contributed by atoms with Crippen molar-refractivity contribution >= 4 is 40.9 Å². The average Bonchev–Trinajstić information content (AvgIpc) is 2.24. The molecule has 8 heteroatoms. The lowest BCUT2D eigenvalue weighted by Crippen LogP contribution is -2.52. The second kappa shape index (κ2) is 5.70. The quantitative estimate of drug-likeness (QED) is 0.681. The zero-order chi connectivity index (χ0) is 13.9. The number of benzene rings is 1. The van der Waals surface area contributed by atoms with E-state index < -0.39 is 23.8 Å². The van der Waals surface area contributed by atoms with Gasteiger partial charge in [0.25, 0.3) is 5.91 Å². The van der Waals surface area contributed by atoms with Gasteiger partial charge in [-0.1, -0.05) is 23.2 Å². The SMILES string of the molecule is NC(=O)C(NC(=O)c1ccc(Cl)cc1Cl)C(N)=O. The minimum atomic E-state index is -1.59. The predicted octanol–water partition coefficient (Wildman–Crippen LogP) is 0.0624. The Labute approximate surface area is 112 Å². The lowest BCUT2D eigenvalue weighted by molar-refractivity contribution is -0.128. The Morgan fingerprint density at radius 2 is 1.67 bits per heavy atom. The van der Waals surface area contributed by atoms with E-state index in [4.69, 9.17) is 34.7 Å². The summed E-state index contributed by atoms with van der Waals surface area (Å²) in [6.07, 6.45) is 0. The molecule has 0 bridgehead atoms. The molecule has 18 heavy (non-hydrogen) atoms. The molecule has 0 fully saturated rings. The van der Waals surface area contributed by atoms with Crippen molar-refractivity contribution in [2.75, 3.05) is 0 Å². The van der Waals surface area contributed by atoms with Crippen LogP contribution in [0.4, 0.5) is 0 Å². The number of primary amides is 2. The van der Waals surface area contributed by atoms with Crippen LogP contribution in [0.5, 0.6) is 0 Å². The van der Waals surface area contributed by atoms with Crippen LogP contribution in [0.25, 0.3) is 0 Å². The van der Waals surface area contributed by atoms with Crippen LogP contribution in [0.15, 0.2) is 18.2 Å². The van der Waals surface area contributed by atoms with E-state index >= 15 is 0 Å². The Hall–Kier alpha value is -1.79. The number of rotatable bonds is 4. The summed E-state index contributed by atoms with van der Waals surface area (Å²) in [5.74, 6) is -2.86. The van der Waals surface area contributed by atoms with Gasteiger partial charge < -0.3 is 16.8 Å². The molecule has 6 nitrogen and oxygen atoms in total. The molecule has 0 aliphatic rings. The Balaban J connectivity index is 2.94. The highest BCUT2D eigenvalue weighted by Gasteiger charge is 2.25. The standard InChI is InChI=1S/C10H9Cl2N3O3/c11-4-1-2-5(6(12)3-4)10(18)15-7(8(13)16)9(14)17/h1-3,7H,(H2,13,16)(H2,14,17)(H,15,18). The van der Waals surface area contributed by atoms with Crippen molar-refractivity contribution in [2.45, 2.75) is 6.04 Å². The molecular weight excluding hydrogens is 281 g/mol. The minimum Gasteiger partial charge on any atom is -0.367 e. The molecule has 3 amide bonds. The molecule has 0 saturated carbocycles. The van der Waals surface area contributed by atoms with E-state index in [1.54, 1.807) is 0 Å². The van der Waals surface area contributed by atoms with E-state index in [9.17, 15) is 14.4 Å². The Kier molecular flexibility index (Phi) is 4.52. The van der Waals surface area contributed by atoms with Crippen LogP contribution in [0.2, 0.25) is 10.0 Å². The second-order valence-electron chi connectivity index (χ2n) is 3.34. The highest BCUT2D eigenvalue weighted by molar-refractivity contribution is 6.36. The number of halogens is 2. The summed E-state index contributed by atoms with van der Waals surface area (Å²) in [6.45, 7) is 0. The van der Waals surface area contributed by atoms with Crippen molar-refractivity contribution in [3.8, 4) is 0 Å². The van der Waals surface area contributed by atoms with Crippen LogP contribution in [0, 0.1) is 0 Å². The highest BCUT2D eigenvalue weighted by atomic mass is 35.5. The van der Waals surface area contributed by atoms with Crippen LogP contribution in [0.3, 0.4) is 0 Å². The fourth-order valence-corrected chi connectivity index (χ4v) is 1.66. The highest BCUT2D eigenvalue weighted by Crippen LogP contribution is 2.20. The van der Waals surface area contributed by atoms with Crippen LogP contribution in [-0.2, 0) is 9.59 Å². The van der Waals surface area contributed by atoms with Gasteiger partial charge in [-0.3, -0.25) is 14.4 Å². The smallest absolute Gasteiger partial charge is 0.253 e. The number of carbonyl (C=O) groups is 3. The molecule has 0 saturated heterocycles. The first-order chi connectivity index (χ1) is 8.32. The topological polar surface area (TPSA) is 115 Å². The van der Waals surface area contributed by atoms with Gasteiger partial charge in [-0.2, -0.15) is 0 Å². The molecule has 96 valence electrons. The van der Waals surface area contributed by atoms with Crippen molar-refractivity contribution in [3.05, 3.63) is 33.8 Å². The maximum Gasteiger partial charge on any atom is 0.253 e. The molecule has 0 spiro atoms. The van der Waals surface area contributed by atoms with Gasteiger partial charge in [0.05, 0.1) is 10.6 Å². The molecule has 1 rings (SSSR count). The molecule has 0 unspecified atom stereocenters. The molecule has 0 aliphatic carbocycles. The molecule has 0 radical (unpaired) electrons. The largest absolute Gasteiger partial charge is 0.367 e. The lowest BCUT2D eigenvalue weighted by Gasteiger charge is -2.12. The summed E-state index contributed by atoms with van der Waals surface area (Å²) in [6, 6.07) is 2.54. The summed E-state index contributed by atoms with van der Waals surface area (Å²) >= 11 is 11.5. The summed E-state index contributed by atoms with van der Waals surface area (Å²) in [7, 11) is 0. The van der Waals surface area contributed by atoms with E-state index in [0.717, 1.165) is 0 Å². The Bertz CT molecular complexity index is 505. The first kappa shape index (κ1) is 14.3. The van der Waals surface area contributed by atoms with Crippen LogP contribution in [-0.4, -0.2) is 23.8 Å². The zero-order valence-corrected chi connectivity index (χ0v) is 10.5. The van der Waals surface area contributed by atoms with Crippen molar-refractivity contribution in [1.29, 1.82) is 0 Å². The summed E-state index contributed by atoms with van der Waals surface area (Å²) in [4.78, 5) is 33.5. The van der Waals surface area contributed by atoms with Crippen molar-refractivity contribution in [3.63, 3.8) is 0 Å². The number of nitrogens with two attached hydrogens (primary N) is 2. The molecule has 0 aromatic heterocycles. The molecule has 1 aromatic carbocycles. The number of hydrogen-bond donors (Lipinski definition) is 3. The average molecular weight is 290 g/mol. The zero-order valence-electron chi connectivity index (χ0n) is 8.94. The Morgan fingerprint density at radius 1 is 1.11 bits per heavy atom. The van der Waals surface area contributed by atoms with E-state index in [1.165, 1.54) is 18.2 Å². The van der Waals surface area contributed by atoms with Gasteiger partial charge in [-0.25, -0.2) is 0 Å².